The predicted molar refractivity (Wildman–Crippen MR) is 428 cm³/mol. The normalized spacial score (nSPS) is 15.3. The maximum atomic E-state index is 15.6. The van der Waals surface area contributed by atoms with Gasteiger partial charge in [0.1, 0.15) is 63.5 Å². The van der Waals surface area contributed by atoms with Crippen molar-refractivity contribution in [1.82, 2.24) is 72.8 Å². The first-order valence-corrected chi connectivity index (χ1v) is 38.2. The van der Waals surface area contributed by atoms with E-state index in [2.05, 4.69) is 75.8 Å². The Morgan fingerprint density at radius 3 is 1.55 bits per heavy atom. The first-order valence-electron chi connectivity index (χ1n) is 38.2. The van der Waals surface area contributed by atoms with Gasteiger partial charge >= 0.3 is 6.18 Å². The molecule has 0 saturated carbocycles. The molecule has 0 unspecified atom stereocenters. The summed E-state index contributed by atoms with van der Waals surface area (Å²) in [7, 11) is 0. The molecule has 3 aliphatic heterocycles. The van der Waals surface area contributed by atoms with Gasteiger partial charge in [0.05, 0.1) is 60.8 Å². The zero-order chi connectivity index (χ0) is 86.2. The highest BCUT2D eigenvalue weighted by Gasteiger charge is 2.41. The molecule has 15 rings (SSSR count). The third kappa shape index (κ3) is 18.6. The lowest BCUT2D eigenvalue weighted by molar-refractivity contribution is -0.140. The van der Waals surface area contributed by atoms with E-state index < -0.39 is 59.1 Å². The molecular weight excluding hydrogens is 1580 g/mol. The lowest BCUT2D eigenvalue weighted by Gasteiger charge is -2.34. The van der Waals surface area contributed by atoms with E-state index in [1.807, 2.05) is 13.8 Å². The molecule has 12 heterocycles. The zero-order valence-electron chi connectivity index (χ0n) is 65.7. The number of fused-ring (bicyclic) bond motifs is 3. The second-order valence-electron chi connectivity index (χ2n) is 28.3. The van der Waals surface area contributed by atoms with Crippen molar-refractivity contribution in [3.05, 3.63) is 247 Å². The molecule has 26 nitrogen and oxygen atoms in total. The summed E-state index contributed by atoms with van der Waals surface area (Å²) in [6.07, 6.45) is 13.7. The molecule has 622 valence electrons. The van der Waals surface area contributed by atoms with Crippen LogP contribution in [-0.4, -0.2) is 154 Å². The molecule has 6 amide bonds. The number of halogens is 9. The van der Waals surface area contributed by atoms with Crippen molar-refractivity contribution in [3.8, 4) is 57.4 Å². The number of ether oxygens (including phenoxy) is 2. The van der Waals surface area contributed by atoms with Crippen LogP contribution in [0, 0.1) is 23.5 Å². The Labute approximate surface area is 685 Å². The summed E-state index contributed by atoms with van der Waals surface area (Å²) < 4.78 is 145. The smallest absolute Gasteiger partial charge is 0.435 e. The number of aromatic nitrogens is 12. The van der Waals surface area contributed by atoms with E-state index in [9.17, 15) is 59.5 Å². The van der Waals surface area contributed by atoms with E-state index in [0.29, 0.717) is 134 Å². The minimum Gasteiger partial charge on any atom is -0.478 e. The summed E-state index contributed by atoms with van der Waals surface area (Å²) in [5, 5.41) is 7.54. The molecule has 3 atom stereocenters. The summed E-state index contributed by atoms with van der Waals surface area (Å²) in [6.45, 7) is 16.9. The van der Waals surface area contributed by atoms with Gasteiger partial charge in [-0.2, -0.15) is 13.2 Å². The van der Waals surface area contributed by atoms with Gasteiger partial charge in [0.2, 0.25) is 23.6 Å². The van der Waals surface area contributed by atoms with Crippen LogP contribution < -0.4 is 25.4 Å². The van der Waals surface area contributed by atoms with E-state index in [4.69, 9.17) is 19.4 Å². The van der Waals surface area contributed by atoms with Crippen LogP contribution in [0.1, 0.15) is 150 Å². The Kier molecular flexibility index (Phi) is 25.2. The third-order valence-electron chi connectivity index (χ3n) is 20.2. The maximum Gasteiger partial charge on any atom is 0.435 e. The molecule has 0 bridgehead atoms. The van der Waals surface area contributed by atoms with E-state index >= 15 is 8.78 Å². The molecule has 12 aromatic rings. The highest BCUT2D eigenvalue weighted by Crippen LogP contribution is 2.43. The standard InChI is InChI=1S/C30H27F3N6O3.C29H27F3N6O3.C27H23F3N6O2/c1-4-6-25(40)38-12-10-19(17-38)28-37-27(23-15-34-16-26(39(23)28)42-5-2)21-8-7-18(13-22(21)31)29(41)36-24-14-20(9-11-35-24)30(3,32)33;1-4-24(39)37-11-9-18(16-37)27-36-26(22-14-33-15-25(38(22)27)41-5-2)20-7-6-17(12-21(20)30)28(40)35-23-13-19(8-10-34-23)29(3,31)32;1-2-21(37)35-15-6-4-7-19(35)25-34-22(23-24(27(28,29)30)32-14-16-36(23)25)17-9-11-18(12-10-17)26(38)33-20-8-3-5-13-31-20/h7-9,11,13-16,19H,5,10,12,17H2,1-3H3,(H,35,36,41);4,6-8,10,12-15,18H,1,5,9,11,16H2,2-3H3,(H,34,35,40);2-3,5,8-14,16,19H,1,4,6-7,15H2,(H,31,33,38)/t19-;18-;19-/m110/s1. The summed E-state index contributed by atoms with van der Waals surface area (Å²) in [6, 6.07) is 22.9. The van der Waals surface area contributed by atoms with Crippen LogP contribution in [0.3, 0.4) is 0 Å². The number of piperidine rings is 1. The number of hydrogen-bond acceptors (Lipinski definition) is 17. The molecule has 0 aliphatic carbocycles. The second-order valence-corrected chi connectivity index (χ2v) is 28.3. The number of imidazole rings is 3. The van der Waals surface area contributed by atoms with E-state index in [1.165, 1.54) is 59.1 Å². The zero-order valence-corrected chi connectivity index (χ0v) is 65.7. The SMILES string of the molecule is C=CC(=O)N1CCCC[C@H]1c1nc(-c2ccc(C(=O)Nc3ccccn3)cc2)c2c(C(F)(F)F)nccn12.C=CC(=O)N1CC[C@@H](c2nc(-c3ccc(C(=O)Nc4cc(C(C)(F)F)ccn4)cc3F)c3cncc(OCC)n23)C1.CC#CC(=O)N1CC[C@@H](c2nc(-c3ccc(C(=O)Nc4cc(C(C)(F)F)ccn4)cc3F)c3cncc(OCC)n23)C1. The van der Waals surface area contributed by atoms with Crippen LogP contribution >= 0.6 is 0 Å². The van der Waals surface area contributed by atoms with Crippen molar-refractivity contribution < 1.29 is 77.8 Å². The van der Waals surface area contributed by atoms with Gasteiger partial charge in [0, 0.05) is 134 Å². The summed E-state index contributed by atoms with van der Waals surface area (Å²) in [4.78, 5) is 119. The van der Waals surface area contributed by atoms with Crippen molar-refractivity contribution in [2.24, 2.45) is 0 Å². The molecule has 3 saturated heterocycles. The average molecular weight is 1660 g/mol. The Balaban J connectivity index is 0.000000157. The molecule has 0 radical (unpaired) electrons. The number of hydrogen-bond donors (Lipinski definition) is 3. The number of pyridine rings is 3. The lowest BCUT2D eigenvalue weighted by Crippen LogP contribution is -2.38. The van der Waals surface area contributed by atoms with Crippen LogP contribution in [0.15, 0.2) is 184 Å². The summed E-state index contributed by atoms with van der Waals surface area (Å²) in [5.41, 5.74) is 0.578. The number of benzene rings is 3. The monoisotopic (exact) mass is 1660 g/mol. The van der Waals surface area contributed by atoms with Gasteiger partial charge in [-0.25, -0.2) is 61.2 Å². The highest BCUT2D eigenvalue weighted by molar-refractivity contribution is 6.06. The van der Waals surface area contributed by atoms with Crippen LogP contribution in [0.4, 0.5) is 57.0 Å². The minimum atomic E-state index is -4.74. The number of alkyl halides is 7. The second kappa shape index (κ2) is 35.9. The molecule has 9 aromatic heterocycles. The van der Waals surface area contributed by atoms with Crippen LogP contribution in [-0.2, 0) is 32.4 Å². The Morgan fingerprint density at radius 1 is 0.545 bits per heavy atom. The van der Waals surface area contributed by atoms with Crippen molar-refractivity contribution in [1.29, 1.82) is 0 Å². The molecule has 3 fully saturated rings. The molecule has 35 heteroatoms. The number of amides is 6. The van der Waals surface area contributed by atoms with Gasteiger partial charge in [-0.1, -0.05) is 37.3 Å². The largest absolute Gasteiger partial charge is 0.478 e. The fraction of sp³-hybridized carbons (Fsp3) is 0.267. The molecule has 3 aromatic carbocycles. The number of rotatable bonds is 20. The van der Waals surface area contributed by atoms with Crippen LogP contribution in [0.2, 0.25) is 0 Å². The fourth-order valence-corrected chi connectivity index (χ4v) is 14.5. The molecular formula is C86H77F9N18O8. The van der Waals surface area contributed by atoms with Gasteiger partial charge in [-0.05, 0) is 156 Å². The number of likely N-dealkylation sites (tertiary alicyclic amines) is 3. The predicted octanol–water partition coefficient (Wildman–Crippen LogP) is 15.5. The quantitative estimate of drug-likeness (QED) is 0.0363. The first-order chi connectivity index (χ1) is 58.0. The van der Waals surface area contributed by atoms with E-state index in [1.54, 1.807) is 91.7 Å². The van der Waals surface area contributed by atoms with Crippen LogP contribution in [0.25, 0.3) is 50.3 Å². The van der Waals surface area contributed by atoms with E-state index in [-0.39, 0.29) is 85.8 Å². The average Bonchev–Trinajstić information content (AvgIpc) is 1.60. The van der Waals surface area contributed by atoms with Gasteiger partial charge in [-0.3, -0.25) is 51.9 Å². The number of anilines is 3. The molecule has 3 N–H and O–H groups in total. The van der Waals surface area contributed by atoms with Crippen molar-refractivity contribution in [2.75, 3.05) is 61.9 Å². The molecule has 121 heavy (non-hydrogen) atoms. The Bertz CT molecular complexity index is 6040. The van der Waals surface area contributed by atoms with Crippen molar-refractivity contribution in [3.63, 3.8) is 0 Å². The Hall–Kier alpha value is -14.2. The minimum absolute atomic E-state index is 0.0343. The maximum absolute atomic E-state index is 15.6. The Morgan fingerprint density at radius 2 is 1.05 bits per heavy atom. The van der Waals surface area contributed by atoms with Gasteiger partial charge < -0.3 is 40.1 Å². The highest BCUT2D eigenvalue weighted by atomic mass is 19.4. The van der Waals surface area contributed by atoms with Crippen molar-refractivity contribution in [2.45, 2.75) is 103 Å². The van der Waals surface area contributed by atoms with Gasteiger partial charge in [-0.15, -0.1) is 0 Å². The first kappa shape index (κ1) is 84.7. The van der Waals surface area contributed by atoms with Gasteiger partial charge in [0.25, 0.3) is 35.5 Å². The number of nitrogens with zero attached hydrogens (tertiary/aromatic N) is 15. The molecule has 0 spiro atoms. The number of nitrogens with one attached hydrogen (secondary N) is 3. The van der Waals surface area contributed by atoms with Crippen LogP contribution in [0.5, 0.6) is 11.8 Å². The summed E-state index contributed by atoms with van der Waals surface area (Å²) >= 11 is 0. The van der Waals surface area contributed by atoms with Gasteiger partial charge in [0.15, 0.2) is 5.69 Å². The van der Waals surface area contributed by atoms with Crippen molar-refractivity contribution >= 4 is 69.4 Å². The molecule has 3 aliphatic rings. The number of carbonyl (C=O) groups is 6. The topological polar surface area (TPSA) is 296 Å². The van der Waals surface area contributed by atoms with E-state index in [0.717, 1.165) is 81.7 Å². The fourth-order valence-electron chi connectivity index (χ4n) is 14.5. The number of carbonyl (C=O) groups excluding carboxylic acids is 6. The lowest BCUT2D eigenvalue weighted by atomic mass is 10.0. The third-order valence-corrected chi connectivity index (χ3v) is 20.2. The summed E-state index contributed by atoms with van der Waals surface area (Å²) in [5.74, 6) is -2.83.